The predicted octanol–water partition coefficient (Wildman–Crippen LogP) is 3.16. The van der Waals surface area contributed by atoms with Crippen LogP contribution >= 0.6 is 0 Å². The molecule has 0 aliphatic heterocycles. The first kappa shape index (κ1) is 23.9. The minimum atomic E-state index is -2.94. The van der Waals surface area contributed by atoms with Crippen molar-refractivity contribution in [3.8, 4) is 0 Å². The number of ether oxygens (including phenoxy) is 4. The van der Waals surface area contributed by atoms with Gasteiger partial charge in [-0.25, -0.2) is 0 Å². The summed E-state index contributed by atoms with van der Waals surface area (Å²) in [5.74, 6) is -1.11. The summed E-state index contributed by atoms with van der Waals surface area (Å²) in [7, 11) is -1.35. The largest absolute Gasteiger partial charge is 0.503 e. The van der Waals surface area contributed by atoms with Crippen molar-refractivity contribution < 1.29 is 32.2 Å². The second-order valence-corrected chi connectivity index (χ2v) is 7.63. The van der Waals surface area contributed by atoms with E-state index in [1.807, 2.05) is 41.5 Å². The zero-order chi connectivity index (χ0) is 18.5. The van der Waals surface area contributed by atoms with Gasteiger partial charge in [0.25, 0.3) is 5.97 Å². The standard InChI is InChI=1S/C16H36O7Si/c1-8-18-16(19-9-2,20-10-3)13-14-24(21-11-4,22-12-5)23-15(6)17-7/h15H,8-14H2,1-7H3. The topological polar surface area (TPSA) is 64.6 Å². The minimum absolute atomic E-state index is 0.421. The van der Waals surface area contributed by atoms with E-state index >= 15 is 0 Å². The summed E-state index contributed by atoms with van der Waals surface area (Å²) in [5, 5.41) is 0. The van der Waals surface area contributed by atoms with Crippen molar-refractivity contribution in [2.45, 2.75) is 66.3 Å². The molecule has 0 heterocycles. The molecule has 0 fully saturated rings. The van der Waals surface area contributed by atoms with Crippen molar-refractivity contribution >= 4 is 8.80 Å². The normalized spacial score (nSPS) is 14.1. The lowest BCUT2D eigenvalue weighted by Gasteiger charge is -2.36. The molecule has 0 radical (unpaired) electrons. The molecule has 0 aromatic heterocycles. The Morgan fingerprint density at radius 3 is 1.58 bits per heavy atom. The van der Waals surface area contributed by atoms with E-state index in [4.69, 9.17) is 32.2 Å². The molecule has 0 rings (SSSR count). The SMILES string of the molecule is CCOC(CC[Si](OCC)(OCC)OC(C)OC)(OCC)OCC. The van der Waals surface area contributed by atoms with Gasteiger partial charge in [-0.1, -0.05) is 0 Å². The second kappa shape index (κ2) is 13.2. The van der Waals surface area contributed by atoms with Crippen LogP contribution in [0.5, 0.6) is 0 Å². The first-order valence-electron chi connectivity index (χ1n) is 8.87. The van der Waals surface area contributed by atoms with Crippen LogP contribution in [0.2, 0.25) is 6.04 Å². The Balaban J connectivity index is 5.25. The van der Waals surface area contributed by atoms with Crippen LogP contribution in [0.1, 0.15) is 48.0 Å². The highest BCUT2D eigenvalue weighted by Gasteiger charge is 2.46. The Morgan fingerprint density at radius 2 is 1.25 bits per heavy atom. The highest BCUT2D eigenvalue weighted by Crippen LogP contribution is 2.29. The summed E-state index contributed by atoms with van der Waals surface area (Å²) in [6.45, 7) is 13.8. The molecule has 0 N–H and O–H groups in total. The van der Waals surface area contributed by atoms with Gasteiger partial charge in [-0.05, 0) is 41.5 Å². The molecule has 0 saturated carbocycles. The molecule has 8 heteroatoms. The van der Waals surface area contributed by atoms with Gasteiger partial charge < -0.3 is 32.2 Å². The molecule has 0 aromatic carbocycles. The van der Waals surface area contributed by atoms with E-state index in [0.717, 1.165) is 0 Å². The van der Waals surface area contributed by atoms with Gasteiger partial charge in [-0.15, -0.1) is 0 Å². The third kappa shape index (κ3) is 8.35. The molecule has 24 heavy (non-hydrogen) atoms. The summed E-state index contributed by atoms with van der Waals surface area (Å²) in [5.41, 5.74) is 0. The molecular weight excluding hydrogens is 332 g/mol. The van der Waals surface area contributed by atoms with Gasteiger partial charge in [0.05, 0.1) is 0 Å². The van der Waals surface area contributed by atoms with Crippen molar-refractivity contribution in [1.82, 2.24) is 0 Å². The van der Waals surface area contributed by atoms with Crippen LogP contribution in [-0.2, 0) is 32.2 Å². The quantitative estimate of drug-likeness (QED) is 0.306. The zero-order valence-corrected chi connectivity index (χ0v) is 17.4. The van der Waals surface area contributed by atoms with Crippen LogP contribution in [0.4, 0.5) is 0 Å². The van der Waals surface area contributed by atoms with Gasteiger partial charge in [0.2, 0.25) is 0 Å². The van der Waals surface area contributed by atoms with Gasteiger partial charge in [0.15, 0.2) is 0 Å². The number of hydrogen-bond acceptors (Lipinski definition) is 7. The van der Waals surface area contributed by atoms with Crippen molar-refractivity contribution in [3.05, 3.63) is 0 Å². The van der Waals surface area contributed by atoms with E-state index in [0.29, 0.717) is 45.5 Å². The number of methoxy groups -OCH3 is 1. The number of rotatable bonds is 16. The summed E-state index contributed by atoms with van der Waals surface area (Å²) < 4.78 is 40.4. The molecular formula is C16H36O7Si. The van der Waals surface area contributed by atoms with Crippen LogP contribution < -0.4 is 0 Å². The molecule has 146 valence electrons. The van der Waals surface area contributed by atoms with Crippen LogP contribution in [0.3, 0.4) is 0 Å². The predicted molar refractivity (Wildman–Crippen MR) is 93.6 cm³/mol. The maximum absolute atomic E-state index is 6.00. The van der Waals surface area contributed by atoms with Crippen LogP contribution in [-0.4, -0.2) is 61.2 Å². The molecule has 1 unspecified atom stereocenters. The fourth-order valence-corrected chi connectivity index (χ4v) is 5.08. The second-order valence-electron chi connectivity index (χ2n) is 4.95. The molecule has 0 aromatic rings. The van der Waals surface area contributed by atoms with E-state index < -0.39 is 21.1 Å². The molecule has 7 nitrogen and oxygen atoms in total. The smallest absolute Gasteiger partial charge is 0.374 e. The Bertz CT molecular complexity index is 281. The number of hydrogen-bond donors (Lipinski definition) is 0. The first-order valence-corrected chi connectivity index (χ1v) is 10.8. The average molecular weight is 369 g/mol. The lowest BCUT2D eigenvalue weighted by atomic mass is 10.4. The molecule has 0 saturated heterocycles. The highest BCUT2D eigenvalue weighted by atomic mass is 28.4. The van der Waals surface area contributed by atoms with Gasteiger partial charge in [-0.3, -0.25) is 0 Å². The Hall–Kier alpha value is -0.0631. The lowest BCUT2D eigenvalue weighted by molar-refractivity contribution is -0.378. The molecule has 0 spiro atoms. The highest BCUT2D eigenvalue weighted by molar-refractivity contribution is 6.60. The maximum atomic E-state index is 6.00. The van der Waals surface area contributed by atoms with Crippen LogP contribution in [0.25, 0.3) is 0 Å². The average Bonchev–Trinajstić information content (AvgIpc) is 2.54. The fourth-order valence-electron chi connectivity index (χ4n) is 2.36. The first-order chi connectivity index (χ1) is 11.5. The van der Waals surface area contributed by atoms with E-state index in [-0.39, 0.29) is 0 Å². The molecule has 0 aliphatic rings. The minimum Gasteiger partial charge on any atom is -0.374 e. The van der Waals surface area contributed by atoms with Gasteiger partial charge in [0, 0.05) is 52.6 Å². The lowest BCUT2D eigenvalue weighted by Crippen LogP contribution is -2.51. The third-order valence-corrected chi connectivity index (χ3v) is 6.25. The van der Waals surface area contributed by atoms with E-state index in [9.17, 15) is 0 Å². The molecule has 0 amide bonds. The van der Waals surface area contributed by atoms with Gasteiger partial charge in [-0.2, -0.15) is 0 Å². The monoisotopic (exact) mass is 368 g/mol. The van der Waals surface area contributed by atoms with E-state index in [1.54, 1.807) is 7.11 Å². The van der Waals surface area contributed by atoms with Crippen molar-refractivity contribution in [3.63, 3.8) is 0 Å². The van der Waals surface area contributed by atoms with E-state index in [2.05, 4.69) is 0 Å². The van der Waals surface area contributed by atoms with Gasteiger partial charge in [0.1, 0.15) is 6.29 Å². The summed E-state index contributed by atoms with van der Waals surface area (Å²) in [6.07, 6.45) is 0.0287. The molecule has 0 aliphatic carbocycles. The van der Waals surface area contributed by atoms with E-state index in [1.165, 1.54) is 0 Å². The molecule has 0 bridgehead atoms. The zero-order valence-electron chi connectivity index (χ0n) is 16.4. The van der Waals surface area contributed by atoms with Gasteiger partial charge >= 0.3 is 8.80 Å². The van der Waals surface area contributed by atoms with Crippen molar-refractivity contribution in [1.29, 1.82) is 0 Å². The Labute approximate surface area is 148 Å². The van der Waals surface area contributed by atoms with Crippen LogP contribution in [0, 0.1) is 0 Å². The molecule has 1 atom stereocenters. The summed E-state index contributed by atoms with van der Waals surface area (Å²) in [4.78, 5) is 0. The maximum Gasteiger partial charge on any atom is 0.503 e. The fraction of sp³-hybridized carbons (Fsp3) is 1.00. The Morgan fingerprint density at radius 1 is 0.792 bits per heavy atom. The summed E-state index contributed by atoms with van der Waals surface area (Å²) in [6, 6.07) is 0.502. The Kier molecular flexibility index (Phi) is 13.1. The summed E-state index contributed by atoms with van der Waals surface area (Å²) >= 11 is 0. The van der Waals surface area contributed by atoms with Crippen molar-refractivity contribution in [2.24, 2.45) is 0 Å². The van der Waals surface area contributed by atoms with Crippen LogP contribution in [0.15, 0.2) is 0 Å². The third-order valence-electron chi connectivity index (χ3n) is 3.24. The van der Waals surface area contributed by atoms with Crippen molar-refractivity contribution in [2.75, 3.05) is 40.1 Å².